The molecule has 0 radical (unpaired) electrons. The van der Waals surface area contributed by atoms with Crippen LogP contribution in [0.3, 0.4) is 0 Å². The third-order valence-electron chi connectivity index (χ3n) is 5.79. The number of aryl methyl sites for hydroxylation is 2. The van der Waals surface area contributed by atoms with E-state index in [-0.39, 0.29) is 12.4 Å². The van der Waals surface area contributed by atoms with Gasteiger partial charge in [0.1, 0.15) is 24.2 Å². The predicted octanol–water partition coefficient (Wildman–Crippen LogP) is 3.17. The molecular formula is C23H31ClN2O3. The second-order valence-corrected chi connectivity index (χ2v) is 7.73. The van der Waals surface area contributed by atoms with Gasteiger partial charge < -0.3 is 19.5 Å². The van der Waals surface area contributed by atoms with Gasteiger partial charge in [-0.1, -0.05) is 6.07 Å². The summed E-state index contributed by atoms with van der Waals surface area (Å²) >= 11 is 0. The molecule has 0 bridgehead atoms. The van der Waals surface area contributed by atoms with Crippen LogP contribution in [0.2, 0.25) is 0 Å². The van der Waals surface area contributed by atoms with Gasteiger partial charge in [-0.05, 0) is 66.8 Å². The Hall–Kier alpha value is -1.95. The van der Waals surface area contributed by atoms with Crippen molar-refractivity contribution in [2.45, 2.75) is 25.4 Å². The van der Waals surface area contributed by atoms with Gasteiger partial charge in [0.15, 0.2) is 0 Å². The largest absolute Gasteiger partial charge is 0.497 e. The SMILES string of the molecule is COc1ccc(N2CCN(CC(O)COc3ccc4c(c3)CCC4)CC2)cc1.Cl. The number of hydrogen-bond donors (Lipinski definition) is 1. The normalized spacial score (nSPS) is 17.4. The minimum atomic E-state index is -0.471. The van der Waals surface area contributed by atoms with Crippen LogP contribution in [0.5, 0.6) is 11.5 Å². The van der Waals surface area contributed by atoms with Crippen LogP contribution in [-0.2, 0) is 12.8 Å². The summed E-state index contributed by atoms with van der Waals surface area (Å²) in [5.74, 6) is 1.76. The number of benzene rings is 2. The molecular weight excluding hydrogens is 388 g/mol. The highest BCUT2D eigenvalue weighted by molar-refractivity contribution is 5.85. The van der Waals surface area contributed by atoms with E-state index in [1.165, 1.54) is 29.7 Å². The lowest BCUT2D eigenvalue weighted by atomic mass is 10.1. The highest BCUT2D eigenvalue weighted by Crippen LogP contribution is 2.26. The quantitative estimate of drug-likeness (QED) is 0.748. The average molecular weight is 419 g/mol. The minimum Gasteiger partial charge on any atom is -0.497 e. The van der Waals surface area contributed by atoms with Crippen LogP contribution in [0.15, 0.2) is 42.5 Å². The van der Waals surface area contributed by atoms with E-state index in [4.69, 9.17) is 9.47 Å². The number of β-amino-alcohol motifs (C(OH)–C–C–N with tert-alkyl or cyclic N) is 1. The Morgan fingerprint density at radius 2 is 1.62 bits per heavy atom. The van der Waals surface area contributed by atoms with Crippen molar-refractivity contribution < 1.29 is 14.6 Å². The molecule has 158 valence electrons. The Labute approximate surface area is 179 Å². The van der Waals surface area contributed by atoms with Crippen LogP contribution >= 0.6 is 12.4 Å². The van der Waals surface area contributed by atoms with Crippen LogP contribution in [0.4, 0.5) is 5.69 Å². The Bertz CT molecular complexity index is 776. The number of piperazine rings is 1. The first-order valence-corrected chi connectivity index (χ1v) is 10.3. The first kappa shape index (κ1) is 21.8. The molecule has 1 fully saturated rings. The summed E-state index contributed by atoms with van der Waals surface area (Å²) in [5, 5.41) is 10.4. The van der Waals surface area contributed by atoms with E-state index >= 15 is 0 Å². The summed E-state index contributed by atoms with van der Waals surface area (Å²) in [6, 6.07) is 14.6. The van der Waals surface area contributed by atoms with E-state index in [1.54, 1.807) is 7.11 Å². The highest BCUT2D eigenvalue weighted by Gasteiger charge is 2.20. The van der Waals surface area contributed by atoms with E-state index in [0.29, 0.717) is 13.2 Å². The lowest BCUT2D eigenvalue weighted by molar-refractivity contribution is 0.0663. The molecule has 2 aromatic carbocycles. The standard InChI is InChI=1S/C23H30N2O3.ClH/c1-27-22-9-6-20(7-10-22)25-13-11-24(12-14-25)16-21(26)17-28-23-8-5-18-3-2-4-19(18)15-23;/h5-10,15,21,26H,2-4,11-14,16-17H2,1H3;1H. The van der Waals surface area contributed by atoms with Crippen molar-refractivity contribution in [2.75, 3.05) is 51.3 Å². The smallest absolute Gasteiger partial charge is 0.119 e. The first-order chi connectivity index (χ1) is 13.7. The van der Waals surface area contributed by atoms with Crippen molar-refractivity contribution in [2.24, 2.45) is 0 Å². The summed E-state index contributed by atoms with van der Waals surface area (Å²) in [6.07, 6.45) is 3.10. The maximum Gasteiger partial charge on any atom is 0.119 e. The molecule has 1 N–H and O–H groups in total. The molecule has 1 aliphatic heterocycles. The minimum absolute atomic E-state index is 0. The van der Waals surface area contributed by atoms with Crippen molar-refractivity contribution in [3.63, 3.8) is 0 Å². The second kappa shape index (κ2) is 10.2. The third-order valence-corrected chi connectivity index (χ3v) is 5.79. The first-order valence-electron chi connectivity index (χ1n) is 10.3. The van der Waals surface area contributed by atoms with Crippen molar-refractivity contribution in [3.8, 4) is 11.5 Å². The van der Waals surface area contributed by atoms with E-state index in [0.717, 1.165) is 44.1 Å². The number of hydrogen-bond acceptors (Lipinski definition) is 5. The average Bonchev–Trinajstić information content (AvgIpc) is 3.21. The topological polar surface area (TPSA) is 45.2 Å². The zero-order valence-corrected chi connectivity index (χ0v) is 17.9. The summed E-state index contributed by atoms with van der Waals surface area (Å²) in [6.45, 7) is 4.82. The van der Waals surface area contributed by atoms with Crippen LogP contribution < -0.4 is 14.4 Å². The number of rotatable bonds is 7. The summed E-state index contributed by atoms with van der Waals surface area (Å²) in [4.78, 5) is 4.69. The van der Waals surface area contributed by atoms with Crippen LogP contribution in [0, 0.1) is 0 Å². The number of halogens is 1. The molecule has 2 aromatic rings. The van der Waals surface area contributed by atoms with Crippen molar-refractivity contribution in [1.82, 2.24) is 4.90 Å². The van der Waals surface area contributed by atoms with Gasteiger partial charge in [-0.15, -0.1) is 12.4 Å². The van der Waals surface area contributed by atoms with Gasteiger partial charge in [0.05, 0.1) is 7.11 Å². The van der Waals surface area contributed by atoms with E-state index in [1.807, 2.05) is 18.2 Å². The molecule has 0 amide bonds. The molecule has 4 rings (SSSR count). The lowest BCUT2D eigenvalue weighted by Crippen LogP contribution is -2.49. The maximum absolute atomic E-state index is 10.4. The van der Waals surface area contributed by atoms with Gasteiger partial charge in [-0.25, -0.2) is 0 Å². The molecule has 29 heavy (non-hydrogen) atoms. The van der Waals surface area contributed by atoms with Crippen LogP contribution in [-0.4, -0.2) is 62.6 Å². The lowest BCUT2D eigenvalue weighted by Gasteiger charge is -2.36. The Kier molecular flexibility index (Phi) is 7.64. The molecule has 6 heteroatoms. The molecule has 5 nitrogen and oxygen atoms in total. The molecule has 0 aromatic heterocycles. The summed E-state index contributed by atoms with van der Waals surface area (Å²) < 4.78 is 11.1. The summed E-state index contributed by atoms with van der Waals surface area (Å²) in [5.41, 5.74) is 4.07. The number of methoxy groups -OCH3 is 1. The molecule has 1 atom stereocenters. The van der Waals surface area contributed by atoms with Crippen LogP contribution in [0.25, 0.3) is 0 Å². The van der Waals surface area contributed by atoms with Crippen molar-refractivity contribution in [1.29, 1.82) is 0 Å². The molecule has 1 aliphatic carbocycles. The molecule has 1 unspecified atom stereocenters. The number of fused-ring (bicyclic) bond motifs is 1. The van der Waals surface area contributed by atoms with Gasteiger partial charge in [-0.3, -0.25) is 4.90 Å². The Balaban J connectivity index is 0.00000240. The number of anilines is 1. The number of aliphatic hydroxyl groups is 1. The number of nitrogens with zero attached hydrogens (tertiary/aromatic N) is 2. The zero-order valence-electron chi connectivity index (χ0n) is 17.0. The van der Waals surface area contributed by atoms with Crippen molar-refractivity contribution >= 4 is 18.1 Å². The second-order valence-electron chi connectivity index (χ2n) is 7.73. The van der Waals surface area contributed by atoms with Crippen molar-refractivity contribution in [3.05, 3.63) is 53.6 Å². The zero-order chi connectivity index (χ0) is 19.3. The van der Waals surface area contributed by atoms with Gasteiger partial charge >= 0.3 is 0 Å². The summed E-state index contributed by atoms with van der Waals surface area (Å²) in [7, 11) is 1.69. The third kappa shape index (κ3) is 5.56. The number of ether oxygens (including phenoxy) is 2. The maximum atomic E-state index is 10.4. The predicted molar refractivity (Wildman–Crippen MR) is 119 cm³/mol. The van der Waals surface area contributed by atoms with Gasteiger partial charge in [0.25, 0.3) is 0 Å². The Morgan fingerprint density at radius 3 is 2.34 bits per heavy atom. The number of aliphatic hydroxyl groups excluding tert-OH is 1. The molecule has 1 heterocycles. The van der Waals surface area contributed by atoms with Crippen LogP contribution in [0.1, 0.15) is 17.5 Å². The molecule has 0 spiro atoms. The van der Waals surface area contributed by atoms with Gasteiger partial charge in [-0.2, -0.15) is 0 Å². The van der Waals surface area contributed by atoms with E-state index in [2.05, 4.69) is 34.1 Å². The van der Waals surface area contributed by atoms with E-state index < -0.39 is 6.10 Å². The van der Waals surface area contributed by atoms with E-state index in [9.17, 15) is 5.11 Å². The Morgan fingerprint density at radius 1 is 0.931 bits per heavy atom. The monoisotopic (exact) mass is 418 g/mol. The molecule has 1 saturated heterocycles. The fraction of sp³-hybridized carbons (Fsp3) is 0.478. The molecule has 2 aliphatic rings. The van der Waals surface area contributed by atoms with Gasteiger partial charge in [0, 0.05) is 38.4 Å². The molecule has 0 saturated carbocycles. The fourth-order valence-electron chi connectivity index (χ4n) is 4.16. The highest BCUT2D eigenvalue weighted by atomic mass is 35.5. The fourth-order valence-corrected chi connectivity index (χ4v) is 4.16. The van der Waals surface area contributed by atoms with Gasteiger partial charge in [0.2, 0.25) is 0 Å².